The third-order valence-corrected chi connectivity index (χ3v) is 6.52. The van der Waals surface area contributed by atoms with E-state index in [1.54, 1.807) is 0 Å². The van der Waals surface area contributed by atoms with Crippen LogP contribution in [0, 0.1) is 0 Å². The van der Waals surface area contributed by atoms with E-state index in [1.165, 1.54) is 5.54 Å². The molecule has 1 unspecified atom stereocenters. The SMILES string of the molecule is OC/C(=C/Cl)[Se]C(Cl)(CO)C(Cl)Cl. The van der Waals surface area contributed by atoms with Crippen LogP contribution in [-0.4, -0.2) is 47.0 Å². The maximum atomic E-state index is 8.96. The van der Waals surface area contributed by atoms with Crippen LogP contribution >= 0.6 is 46.4 Å². The number of aliphatic hydroxyl groups is 2. The summed E-state index contributed by atoms with van der Waals surface area (Å²) in [6.07, 6.45) is 0. The van der Waals surface area contributed by atoms with Crippen molar-refractivity contribution < 1.29 is 10.2 Å². The van der Waals surface area contributed by atoms with Crippen molar-refractivity contribution in [3.8, 4) is 0 Å². The zero-order chi connectivity index (χ0) is 10.5. The number of alkyl halides is 3. The van der Waals surface area contributed by atoms with Crippen molar-refractivity contribution in [2.24, 2.45) is 0 Å². The van der Waals surface area contributed by atoms with E-state index in [4.69, 9.17) is 56.6 Å². The Labute approximate surface area is 103 Å². The Bertz CT molecular complexity index is 187. The fourth-order valence-corrected chi connectivity index (χ4v) is 3.33. The van der Waals surface area contributed by atoms with Crippen LogP contribution in [0.3, 0.4) is 0 Å². The van der Waals surface area contributed by atoms with E-state index in [0.29, 0.717) is 4.47 Å². The zero-order valence-corrected chi connectivity index (χ0v) is 11.1. The third kappa shape index (κ3) is 4.59. The number of halogens is 4. The molecule has 2 N–H and O–H groups in total. The van der Waals surface area contributed by atoms with E-state index >= 15 is 0 Å². The minimum atomic E-state index is -1.13. The van der Waals surface area contributed by atoms with Crippen molar-refractivity contribution in [3.05, 3.63) is 10.0 Å². The van der Waals surface area contributed by atoms with E-state index in [9.17, 15) is 0 Å². The Morgan fingerprint density at radius 1 is 1.46 bits per heavy atom. The van der Waals surface area contributed by atoms with Gasteiger partial charge in [0.2, 0.25) is 0 Å². The topological polar surface area (TPSA) is 40.5 Å². The molecule has 0 aliphatic carbocycles. The van der Waals surface area contributed by atoms with Gasteiger partial charge in [-0.2, -0.15) is 0 Å². The predicted octanol–water partition coefficient (Wildman–Crippen LogP) is 1.49. The van der Waals surface area contributed by atoms with Crippen LogP contribution in [0.5, 0.6) is 0 Å². The minimum absolute atomic E-state index is 0.210. The van der Waals surface area contributed by atoms with Crippen LogP contribution in [0.25, 0.3) is 0 Å². The van der Waals surface area contributed by atoms with Crippen LogP contribution in [0.2, 0.25) is 0 Å². The molecule has 0 spiro atoms. The molecule has 0 amide bonds. The van der Waals surface area contributed by atoms with Gasteiger partial charge in [-0.05, 0) is 0 Å². The summed E-state index contributed by atoms with van der Waals surface area (Å²) in [7, 11) is 0. The number of aliphatic hydroxyl groups excluding tert-OH is 2. The van der Waals surface area contributed by atoms with Gasteiger partial charge in [0.05, 0.1) is 0 Å². The first kappa shape index (κ1) is 14.3. The van der Waals surface area contributed by atoms with Crippen LogP contribution in [0.15, 0.2) is 10.0 Å². The van der Waals surface area contributed by atoms with Gasteiger partial charge in [0.15, 0.2) is 0 Å². The number of hydrogen-bond acceptors (Lipinski definition) is 2. The van der Waals surface area contributed by atoms with Gasteiger partial charge in [-0.15, -0.1) is 0 Å². The van der Waals surface area contributed by atoms with Crippen molar-refractivity contribution in [2.45, 2.75) is 8.61 Å². The second-order valence-electron chi connectivity index (χ2n) is 2.08. The molecule has 0 rings (SSSR count). The van der Waals surface area contributed by atoms with Gasteiger partial charge in [0.1, 0.15) is 0 Å². The summed E-state index contributed by atoms with van der Waals surface area (Å²) in [6, 6.07) is 0. The van der Waals surface area contributed by atoms with Gasteiger partial charge in [-0.1, -0.05) is 0 Å². The van der Waals surface area contributed by atoms with Crippen molar-refractivity contribution >= 4 is 61.4 Å². The van der Waals surface area contributed by atoms with Crippen LogP contribution in [0.1, 0.15) is 0 Å². The van der Waals surface area contributed by atoms with E-state index in [-0.39, 0.29) is 13.2 Å². The van der Waals surface area contributed by atoms with Crippen molar-refractivity contribution in [2.75, 3.05) is 13.2 Å². The molecule has 0 saturated carbocycles. The zero-order valence-electron chi connectivity index (χ0n) is 6.38. The van der Waals surface area contributed by atoms with E-state index in [2.05, 4.69) is 0 Å². The molecular weight excluding hydrogens is 325 g/mol. The summed E-state index contributed by atoms with van der Waals surface area (Å²) in [5.74, 6) is 0. The Morgan fingerprint density at radius 3 is 2.23 bits per heavy atom. The number of hydrogen-bond donors (Lipinski definition) is 2. The van der Waals surface area contributed by atoms with Gasteiger partial charge in [-0.25, -0.2) is 0 Å². The second-order valence-corrected chi connectivity index (χ2v) is 7.63. The molecule has 78 valence electrons. The Kier molecular flexibility index (Phi) is 7.45. The summed E-state index contributed by atoms with van der Waals surface area (Å²) in [5.41, 5.74) is 1.23. The Balaban J connectivity index is 4.43. The Hall–Kier alpha value is 1.34. The first-order valence-electron chi connectivity index (χ1n) is 3.17. The predicted molar refractivity (Wildman–Crippen MR) is 57.9 cm³/mol. The van der Waals surface area contributed by atoms with Gasteiger partial charge in [0, 0.05) is 0 Å². The first-order valence-corrected chi connectivity index (χ1v) is 6.57. The fraction of sp³-hybridized carbons (Fsp3) is 0.667. The molecule has 0 bridgehead atoms. The summed E-state index contributed by atoms with van der Waals surface area (Å²) < 4.78 is -0.593. The van der Waals surface area contributed by atoms with Crippen molar-refractivity contribution in [1.29, 1.82) is 0 Å². The van der Waals surface area contributed by atoms with Crippen molar-refractivity contribution in [1.82, 2.24) is 0 Å². The fourth-order valence-electron chi connectivity index (χ4n) is 0.453. The van der Waals surface area contributed by atoms with E-state index < -0.39 is 23.6 Å². The summed E-state index contributed by atoms with van der Waals surface area (Å²) >= 11 is 22.0. The molecular formula is C6H8Cl4O2Se. The molecule has 0 aliphatic heterocycles. The molecule has 0 aliphatic rings. The normalized spacial score (nSPS) is 17.6. The molecule has 0 radical (unpaired) electrons. The first-order chi connectivity index (χ1) is 6.00. The quantitative estimate of drug-likeness (QED) is 0.591. The number of rotatable bonds is 5. The third-order valence-electron chi connectivity index (χ3n) is 1.12. The molecule has 0 aromatic heterocycles. The molecule has 2 nitrogen and oxygen atoms in total. The average molecular weight is 333 g/mol. The van der Waals surface area contributed by atoms with Crippen molar-refractivity contribution in [3.63, 3.8) is 0 Å². The Morgan fingerprint density at radius 2 is 2.00 bits per heavy atom. The maximum absolute atomic E-state index is 8.96. The molecule has 13 heavy (non-hydrogen) atoms. The van der Waals surface area contributed by atoms with Gasteiger partial charge in [0.25, 0.3) is 0 Å². The van der Waals surface area contributed by atoms with E-state index in [1.807, 2.05) is 0 Å². The monoisotopic (exact) mass is 332 g/mol. The van der Waals surface area contributed by atoms with Gasteiger partial charge < -0.3 is 0 Å². The standard InChI is InChI=1S/C6H8Cl4O2Se/c7-1-4(2-11)13-6(10,3-12)5(8)9/h1,5,11-12H,2-3H2/b4-1-. The molecule has 1 atom stereocenters. The molecule has 0 fully saturated rings. The van der Waals surface area contributed by atoms with Gasteiger partial charge in [-0.3, -0.25) is 0 Å². The second kappa shape index (κ2) is 6.76. The summed E-state index contributed by atoms with van der Waals surface area (Å²) in [4.78, 5) is -0.905. The molecule has 0 saturated heterocycles. The molecule has 0 aromatic carbocycles. The average Bonchev–Trinajstić information content (AvgIpc) is 2.13. The van der Waals surface area contributed by atoms with Crippen LogP contribution in [0.4, 0.5) is 0 Å². The van der Waals surface area contributed by atoms with Crippen LogP contribution in [-0.2, 0) is 0 Å². The van der Waals surface area contributed by atoms with Crippen LogP contribution < -0.4 is 0 Å². The summed E-state index contributed by atoms with van der Waals surface area (Å²) in [6.45, 7) is -0.571. The van der Waals surface area contributed by atoms with Gasteiger partial charge >= 0.3 is 103 Å². The summed E-state index contributed by atoms with van der Waals surface area (Å²) in [5, 5.41) is 17.8. The molecule has 7 heteroatoms. The van der Waals surface area contributed by atoms with E-state index in [0.717, 1.165) is 0 Å². The molecule has 0 heterocycles. The molecule has 0 aromatic rings.